The van der Waals surface area contributed by atoms with Gasteiger partial charge in [0.1, 0.15) is 12.1 Å². The molecule has 6 nitrogen and oxygen atoms in total. The summed E-state index contributed by atoms with van der Waals surface area (Å²) >= 11 is 0. The first kappa shape index (κ1) is 12.6. The van der Waals surface area contributed by atoms with E-state index in [1.165, 1.54) is 0 Å². The Bertz CT molecular complexity index is 652. The normalized spacial score (nSPS) is 17.7. The van der Waals surface area contributed by atoms with Crippen molar-refractivity contribution in [1.82, 2.24) is 0 Å². The third-order valence-corrected chi connectivity index (χ3v) is 2.49. The molecule has 78 valence electrons. The smallest absolute Gasteiger partial charge is 0.212 e. The van der Waals surface area contributed by atoms with Crippen LogP contribution in [0.15, 0.2) is 22.2 Å². The van der Waals surface area contributed by atoms with Crippen LogP contribution in [0.4, 0.5) is 0 Å². The molecule has 1 aliphatic heterocycles. The predicted molar refractivity (Wildman–Crippen MR) is 57.2 cm³/mol. The molecule has 7 heteroatoms. The van der Waals surface area contributed by atoms with E-state index >= 15 is 0 Å². The van der Waals surface area contributed by atoms with Crippen molar-refractivity contribution < 1.29 is 0 Å². The summed E-state index contributed by atoms with van der Waals surface area (Å²) in [7, 11) is 0. The van der Waals surface area contributed by atoms with Crippen molar-refractivity contribution in [3.05, 3.63) is 22.2 Å². The second-order valence-corrected chi connectivity index (χ2v) is 3.24. The summed E-state index contributed by atoms with van der Waals surface area (Å²) in [4.78, 5) is 0. The van der Waals surface area contributed by atoms with Crippen molar-refractivity contribution in [3.63, 3.8) is 0 Å². The average Bonchev–Trinajstić information content (AvgIpc) is 2.43. The highest BCUT2D eigenvalue weighted by Gasteiger charge is 2.42. The molecule has 0 spiro atoms. The van der Waals surface area contributed by atoms with Gasteiger partial charge in [-0.05, 0) is 0 Å². The summed E-state index contributed by atoms with van der Waals surface area (Å²) in [5.74, 6) is 0.537. The van der Waals surface area contributed by atoms with Gasteiger partial charge in [0.15, 0.2) is 0 Å². The molecule has 0 amide bonds. The van der Waals surface area contributed by atoms with Crippen molar-refractivity contribution in [2.75, 3.05) is 0 Å². The van der Waals surface area contributed by atoms with Gasteiger partial charge in [-0.1, -0.05) is 0 Å². The maximum Gasteiger partial charge on any atom is 0.335 e. The minimum atomic E-state index is -1.19. The van der Waals surface area contributed by atoms with Gasteiger partial charge in [0.25, 0.3) is 0 Å². The summed E-state index contributed by atoms with van der Waals surface area (Å²) in [5.41, 5.74) is -1.06. The van der Waals surface area contributed by atoms with E-state index in [0.717, 1.165) is 0 Å². The van der Waals surface area contributed by atoms with Crippen molar-refractivity contribution in [2.24, 2.45) is 0 Å². The van der Waals surface area contributed by atoms with Gasteiger partial charge >= 0.3 is 6.71 Å². The Hall–Kier alpha value is -3.52. The molecule has 1 atom stereocenters. The number of nitrogens with zero attached hydrogens (tertiary/aromatic N) is 6. The quantitative estimate of drug-likeness (QED) is 0.557. The number of nitriles is 6. The van der Waals surface area contributed by atoms with E-state index in [1.54, 1.807) is 36.3 Å². The molecule has 0 saturated carbocycles. The molecule has 1 heterocycles. The maximum absolute atomic E-state index is 8.97. The predicted octanol–water partition coefficient (Wildman–Crippen LogP) is 0.678. The van der Waals surface area contributed by atoms with Crippen LogP contribution in [-0.4, -0.2) is 6.71 Å². The van der Waals surface area contributed by atoms with Gasteiger partial charge in [-0.2, -0.15) is 26.3 Å². The minimum Gasteiger partial charge on any atom is -0.212 e. The van der Waals surface area contributed by atoms with Gasteiger partial charge in [-0.15, -0.1) is 0 Å². The Labute approximate surface area is 103 Å². The molecule has 1 aliphatic rings. The molecule has 0 aromatic carbocycles. The highest BCUT2D eigenvalue weighted by Crippen LogP contribution is 2.36. The van der Waals surface area contributed by atoms with Gasteiger partial charge in [-0.25, -0.2) is 5.26 Å². The molecule has 0 fully saturated rings. The van der Waals surface area contributed by atoms with Crippen LogP contribution in [-0.2, 0) is 0 Å². The minimum absolute atomic E-state index is 0.234. The van der Waals surface area contributed by atoms with E-state index in [1.807, 2.05) is 0 Å². The molecule has 0 unspecified atom stereocenters. The summed E-state index contributed by atoms with van der Waals surface area (Å²) in [6.45, 7) is -1.19. The van der Waals surface area contributed by atoms with Gasteiger partial charge in [0.2, 0.25) is 0 Å². The Morgan fingerprint density at radius 2 is 1.39 bits per heavy atom. The van der Waals surface area contributed by atoms with Gasteiger partial charge in [-0.3, -0.25) is 0 Å². The molecule has 0 aromatic rings. The van der Waals surface area contributed by atoms with Gasteiger partial charge in [0, 0.05) is 11.4 Å². The van der Waals surface area contributed by atoms with E-state index < -0.39 is 12.5 Å². The molecule has 0 N–H and O–H groups in total. The SMILES string of the molecule is N#CB1C(C#N)=C(C#N)C(C#N)=C(C#N)[C@H]1C#N. The molecular weight excluding hydrogens is 227 g/mol. The van der Waals surface area contributed by atoms with E-state index in [9.17, 15) is 0 Å². The van der Waals surface area contributed by atoms with Crippen LogP contribution in [0.2, 0.25) is 5.82 Å². The molecule has 0 radical (unpaired) electrons. The first-order valence-electron chi connectivity index (χ1n) is 4.58. The summed E-state index contributed by atoms with van der Waals surface area (Å²) in [5, 5.41) is 53.7. The highest BCUT2D eigenvalue weighted by atomic mass is 14.4. The second kappa shape index (κ2) is 5.01. The molecule has 1 rings (SSSR count). The van der Waals surface area contributed by atoms with Crippen LogP contribution in [0.1, 0.15) is 0 Å². The first-order valence-corrected chi connectivity index (χ1v) is 4.58. The largest absolute Gasteiger partial charge is 0.335 e. The van der Waals surface area contributed by atoms with E-state index in [2.05, 4.69) is 0 Å². The Morgan fingerprint density at radius 3 is 1.72 bits per heavy atom. The monoisotopic (exact) mass is 228 g/mol. The van der Waals surface area contributed by atoms with Crippen molar-refractivity contribution in [3.8, 4) is 36.3 Å². The third-order valence-electron chi connectivity index (χ3n) is 2.49. The Balaban J connectivity index is 3.80. The molecule has 0 aliphatic carbocycles. The summed E-state index contributed by atoms with van der Waals surface area (Å²) in [6.07, 6.45) is 0. The number of rotatable bonds is 0. The van der Waals surface area contributed by atoms with Crippen molar-refractivity contribution >= 4 is 6.71 Å². The topological polar surface area (TPSA) is 143 Å². The lowest BCUT2D eigenvalue weighted by Crippen LogP contribution is -2.28. The fraction of sp³-hybridized carbons (Fsp3) is 0.0909. The fourth-order valence-corrected chi connectivity index (χ4v) is 1.67. The fourth-order valence-electron chi connectivity index (χ4n) is 1.67. The maximum atomic E-state index is 8.97. The van der Waals surface area contributed by atoms with Crippen LogP contribution in [0.5, 0.6) is 0 Å². The molecular formula is C11HBN6. The zero-order valence-electron chi connectivity index (χ0n) is 8.84. The lowest BCUT2D eigenvalue weighted by molar-refractivity contribution is 1.18. The average molecular weight is 228 g/mol. The summed E-state index contributed by atoms with van der Waals surface area (Å²) < 4.78 is 0. The van der Waals surface area contributed by atoms with Crippen molar-refractivity contribution in [1.29, 1.82) is 31.6 Å². The number of allylic oxidation sites excluding steroid dienone is 4. The Kier molecular flexibility index (Phi) is 3.49. The first-order chi connectivity index (χ1) is 8.69. The van der Waals surface area contributed by atoms with Crippen LogP contribution < -0.4 is 0 Å². The lowest BCUT2D eigenvalue weighted by Gasteiger charge is -2.18. The molecule has 18 heavy (non-hydrogen) atoms. The summed E-state index contributed by atoms with van der Waals surface area (Å²) in [6, 6.07) is 8.36. The van der Waals surface area contributed by atoms with Gasteiger partial charge in [0.05, 0.1) is 40.7 Å². The standard InChI is InChI=1S/C11HBN6/c13-1-7-8(2-14)10(4-16)12(6-18)11(5-17)9(7)3-15/h10H/t10-/m1/s1. The number of hydrogen-bond donors (Lipinski definition) is 0. The van der Waals surface area contributed by atoms with Crippen LogP contribution >= 0.6 is 0 Å². The van der Waals surface area contributed by atoms with Crippen LogP contribution in [0, 0.1) is 67.9 Å². The van der Waals surface area contributed by atoms with E-state index in [-0.39, 0.29) is 22.2 Å². The van der Waals surface area contributed by atoms with Crippen LogP contribution in [0.3, 0.4) is 0 Å². The highest BCUT2D eigenvalue weighted by molar-refractivity contribution is 6.78. The van der Waals surface area contributed by atoms with Crippen LogP contribution in [0.25, 0.3) is 0 Å². The second-order valence-electron chi connectivity index (χ2n) is 3.24. The number of hydrogen-bond acceptors (Lipinski definition) is 6. The van der Waals surface area contributed by atoms with E-state index in [4.69, 9.17) is 31.6 Å². The Morgan fingerprint density at radius 1 is 0.778 bits per heavy atom. The molecule has 0 aromatic heterocycles. The molecule has 0 bridgehead atoms. The zero-order valence-corrected chi connectivity index (χ0v) is 8.84. The van der Waals surface area contributed by atoms with Crippen molar-refractivity contribution in [2.45, 2.75) is 5.82 Å². The lowest BCUT2D eigenvalue weighted by atomic mass is 9.34. The van der Waals surface area contributed by atoms with Gasteiger partial charge < -0.3 is 0 Å². The third kappa shape index (κ3) is 1.56. The zero-order chi connectivity index (χ0) is 13.7. The van der Waals surface area contributed by atoms with E-state index in [0.29, 0.717) is 0 Å². The molecule has 0 saturated heterocycles.